The highest BCUT2D eigenvalue weighted by Gasteiger charge is 2.62. The van der Waals surface area contributed by atoms with Gasteiger partial charge in [0, 0.05) is 30.7 Å². The average molecular weight is 314 g/mol. The number of hydrogen-bond donors (Lipinski definition) is 2. The van der Waals surface area contributed by atoms with Crippen LogP contribution >= 0.6 is 11.8 Å². The van der Waals surface area contributed by atoms with E-state index in [4.69, 9.17) is 10.5 Å². The van der Waals surface area contributed by atoms with Gasteiger partial charge in [0.05, 0.1) is 6.10 Å². The van der Waals surface area contributed by atoms with Crippen LogP contribution in [0.2, 0.25) is 0 Å². The highest BCUT2D eigenvalue weighted by atomic mass is 32.2. The number of thioether (sulfide) groups is 1. The predicted octanol–water partition coefficient (Wildman–Crippen LogP) is 1.89. The Morgan fingerprint density at radius 1 is 1.50 bits per heavy atom. The van der Waals surface area contributed by atoms with E-state index in [-0.39, 0.29) is 30.2 Å². The lowest BCUT2D eigenvalue weighted by Crippen LogP contribution is -2.75. The van der Waals surface area contributed by atoms with Crippen LogP contribution in [0.4, 0.5) is 13.2 Å². The molecule has 1 amide bonds. The summed E-state index contributed by atoms with van der Waals surface area (Å²) in [7, 11) is 0. The largest absolute Gasteiger partial charge is 0.441 e. The summed E-state index contributed by atoms with van der Waals surface area (Å²) in [4.78, 5) is 12.1. The normalized spacial score (nSPS) is 28.9. The molecule has 0 heterocycles. The van der Waals surface area contributed by atoms with E-state index in [2.05, 4.69) is 5.32 Å². The number of rotatable bonds is 6. The number of nitrogens with one attached hydrogen (secondary N) is 1. The predicted molar refractivity (Wildman–Crippen MR) is 72.3 cm³/mol. The molecule has 1 aliphatic rings. The van der Waals surface area contributed by atoms with E-state index in [0.717, 1.165) is 0 Å². The molecule has 0 aromatic carbocycles. The molecule has 20 heavy (non-hydrogen) atoms. The molecule has 1 saturated carbocycles. The van der Waals surface area contributed by atoms with E-state index in [1.54, 1.807) is 0 Å². The molecule has 0 bridgehead atoms. The van der Waals surface area contributed by atoms with Crippen molar-refractivity contribution in [3.63, 3.8) is 0 Å². The van der Waals surface area contributed by atoms with Crippen LogP contribution in [-0.2, 0) is 9.53 Å². The maximum absolute atomic E-state index is 12.1. The fourth-order valence-electron chi connectivity index (χ4n) is 2.31. The lowest BCUT2D eigenvalue weighted by molar-refractivity contribution is -0.170. The third-order valence-electron chi connectivity index (χ3n) is 3.89. The summed E-state index contributed by atoms with van der Waals surface area (Å²) in [6, 6.07) is 0. The lowest BCUT2D eigenvalue weighted by atomic mass is 9.54. The molecule has 1 rings (SSSR count). The number of halogens is 3. The van der Waals surface area contributed by atoms with E-state index in [1.165, 1.54) is 0 Å². The summed E-state index contributed by atoms with van der Waals surface area (Å²) in [6.07, 6.45) is 0.277. The number of carbonyl (C=O) groups excluding carboxylic acids is 1. The van der Waals surface area contributed by atoms with Gasteiger partial charge in [-0.2, -0.15) is 13.2 Å². The van der Waals surface area contributed by atoms with Crippen molar-refractivity contribution in [1.29, 1.82) is 0 Å². The average Bonchev–Trinajstić information content (AvgIpc) is 2.32. The number of nitrogens with two attached hydrogens (primary N) is 1. The Balaban J connectivity index is 2.44. The first kappa shape index (κ1) is 17.6. The van der Waals surface area contributed by atoms with Crippen LogP contribution in [-0.4, -0.2) is 42.0 Å². The van der Waals surface area contributed by atoms with Gasteiger partial charge in [-0.05, 0) is 18.7 Å². The number of hydrogen-bond acceptors (Lipinski definition) is 4. The molecule has 4 nitrogen and oxygen atoms in total. The van der Waals surface area contributed by atoms with E-state index < -0.39 is 22.4 Å². The number of carbonyl (C=O) groups is 1. The smallest absolute Gasteiger partial charge is 0.378 e. The zero-order chi connectivity index (χ0) is 15.6. The minimum Gasteiger partial charge on any atom is -0.378 e. The summed E-state index contributed by atoms with van der Waals surface area (Å²) < 4.78 is 41.4. The number of ether oxygens (including phenoxy) is 1. The molecule has 0 saturated heterocycles. The second-order valence-corrected chi connectivity index (χ2v) is 6.55. The molecule has 1 fully saturated rings. The fraction of sp³-hybridized carbons (Fsp3) is 0.917. The fourth-order valence-corrected chi connectivity index (χ4v) is 2.75. The van der Waals surface area contributed by atoms with Gasteiger partial charge in [-0.25, -0.2) is 0 Å². The summed E-state index contributed by atoms with van der Waals surface area (Å²) in [5, 5.41) is 2.48. The van der Waals surface area contributed by atoms with E-state index >= 15 is 0 Å². The topological polar surface area (TPSA) is 64.3 Å². The molecule has 2 unspecified atom stereocenters. The van der Waals surface area contributed by atoms with Crippen molar-refractivity contribution in [2.45, 2.75) is 44.3 Å². The second kappa shape index (κ2) is 6.11. The summed E-state index contributed by atoms with van der Waals surface area (Å²) in [5.74, 6) is -0.637. The van der Waals surface area contributed by atoms with Crippen molar-refractivity contribution in [2.75, 3.05) is 18.9 Å². The van der Waals surface area contributed by atoms with Gasteiger partial charge in [0.25, 0.3) is 0 Å². The van der Waals surface area contributed by atoms with Crippen LogP contribution in [0.25, 0.3) is 0 Å². The van der Waals surface area contributed by atoms with Gasteiger partial charge < -0.3 is 15.8 Å². The zero-order valence-corrected chi connectivity index (χ0v) is 12.7. The van der Waals surface area contributed by atoms with Crippen LogP contribution in [0.1, 0.15) is 27.2 Å². The van der Waals surface area contributed by atoms with Gasteiger partial charge in [-0.15, -0.1) is 0 Å². The molecule has 0 radical (unpaired) electrons. The van der Waals surface area contributed by atoms with Crippen LogP contribution < -0.4 is 11.1 Å². The zero-order valence-electron chi connectivity index (χ0n) is 11.8. The minimum absolute atomic E-state index is 0.0582. The molecule has 8 heteroatoms. The lowest BCUT2D eigenvalue weighted by Gasteiger charge is -2.57. The van der Waals surface area contributed by atoms with Crippen LogP contribution in [0.3, 0.4) is 0 Å². The van der Waals surface area contributed by atoms with Gasteiger partial charge in [0.15, 0.2) is 0 Å². The van der Waals surface area contributed by atoms with Crippen molar-refractivity contribution < 1.29 is 22.7 Å². The quantitative estimate of drug-likeness (QED) is 0.735. The third kappa shape index (κ3) is 3.59. The number of amides is 1. The first-order valence-electron chi connectivity index (χ1n) is 6.44. The first-order valence-corrected chi connectivity index (χ1v) is 7.42. The summed E-state index contributed by atoms with van der Waals surface area (Å²) in [6.45, 7) is 6.01. The highest BCUT2D eigenvalue weighted by Crippen LogP contribution is 2.49. The number of alkyl halides is 3. The van der Waals surface area contributed by atoms with Gasteiger partial charge in [-0.1, -0.05) is 13.8 Å². The highest BCUT2D eigenvalue weighted by molar-refractivity contribution is 8.00. The standard InChI is InChI=1S/C12H21F3N2O2S/c1-4-19-8-7-11(16,10(8,2)3)9(18)17-5-6-20-12(13,14)15/h8H,4-7,16H2,1-3H3,(H,17,18). The van der Waals surface area contributed by atoms with Crippen LogP contribution in [0.5, 0.6) is 0 Å². The van der Waals surface area contributed by atoms with Gasteiger partial charge in [0.2, 0.25) is 5.91 Å². The maximum Gasteiger partial charge on any atom is 0.441 e. The third-order valence-corrected chi connectivity index (χ3v) is 4.62. The molecule has 3 N–H and O–H groups in total. The summed E-state index contributed by atoms with van der Waals surface area (Å²) in [5.41, 5.74) is 0.190. The van der Waals surface area contributed by atoms with Gasteiger partial charge in [0.1, 0.15) is 5.54 Å². The summed E-state index contributed by atoms with van der Waals surface area (Å²) >= 11 is -0.160. The minimum atomic E-state index is -4.28. The molecule has 0 aliphatic heterocycles. The SMILES string of the molecule is CCOC1CC(N)(C(=O)NCCSC(F)(F)F)C1(C)C. The Morgan fingerprint density at radius 3 is 2.55 bits per heavy atom. The Morgan fingerprint density at radius 2 is 2.10 bits per heavy atom. The molecule has 118 valence electrons. The van der Waals surface area contributed by atoms with Crippen molar-refractivity contribution in [1.82, 2.24) is 5.32 Å². The monoisotopic (exact) mass is 314 g/mol. The Bertz CT molecular complexity index is 363. The van der Waals surface area contributed by atoms with E-state index in [0.29, 0.717) is 13.0 Å². The molecule has 0 aromatic rings. The molecular formula is C12H21F3N2O2S. The van der Waals surface area contributed by atoms with Crippen molar-refractivity contribution in [3.05, 3.63) is 0 Å². The van der Waals surface area contributed by atoms with E-state index in [9.17, 15) is 18.0 Å². The second-order valence-electron chi connectivity index (χ2n) is 5.39. The van der Waals surface area contributed by atoms with Crippen LogP contribution in [0, 0.1) is 5.41 Å². The Labute approximate surface area is 121 Å². The van der Waals surface area contributed by atoms with Crippen LogP contribution in [0.15, 0.2) is 0 Å². The van der Waals surface area contributed by atoms with Crippen molar-refractivity contribution >= 4 is 17.7 Å². The molecule has 2 atom stereocenters. The van der Waals surface area contributed by atoms with Crippen molar-refractivity contribution in [2.24, 2.45) is 11.1 Å². The van der Waals surface area contributed by atoms with Gasteiger partial charge >= 0.3 is 5.51 Å². The Kier molecular flexibility index (Phi) is 5.37. The van der Waals surface area contributed by atoms with Gasteiger partial charge in [-0.3, -0.25) is 4.79 Å². The maximum atomic E-state index is 12.1. The molecule has 0 aromatic heterocycles. The van der Waals surface area contributed by atoms with Crippen molar-refractivity contribution in [3.8, 4) is 0 Å². The Hall–Kier alpha value is -0.470. The first-order chi connectivity index (χ1) is 9.04. The molecule has 0 spiro atoms. The molecule has 1 aliphatic carbocycles. The van der Waals surface area contributed by atoms with E-state index in [1.807, 2.05) is 20.8 Å². The molecular weight excluding hydrogens is 293 g/mol.